The van der Waals surface area contributed by atoms with Crippen LogP contribution >= 0.6 is 11.3 Å². The standard InChI is InChI=1S/C21H16N4O4S/c1-10-4-15-19(28-9-12(8-26)29-15)20-17(10)25-21(30-20)13-5-11(22-2)6-14-18(13)23-7-16(24-14)27-3/h4-7,12,26H,8-9H2,1,3H3/t12-/m0/s1. The van der Waals surface area contributed by atoms with E-state index in [1.54, 1.807) is 18.3 Å². The lowest BCUT2D eigenvalue weighted by Crippen LogP contribution is -2.32. The molecule has 3 heterocycles. The average Bonchev–Trinajstić information content (AvgIpc) is 3.23. The van der Waals surface area contributed by atoms with E-state index in [4.69, 9.17) is 25.8 Å². The lowest BCUT2D eigenvalue weighted by atomic mass is 10.1. The van der Waals surface area contributed by atoms with Crippen LogP contribution in [0.1, 0.15) is 5.56 Å². The zero-order chi connectivity index (χ0) is 20.8. The molecule has 4 aromatic rings. The van der Waals surface area contributed by atoms with Crippen LogP contribution in [0.2, 0.25) is 0 Å². The predicted molar refractivity (Wildman–Crippen MR) is 113 cm³/mol. The van der Waals surface area contributed by atoms with Crippen molar-refractivity contribution in [3.63, 3.8) is 0 Å². The molecule has 9 heteroatoms. The maximum Gasteiger partial charge on any atom is 0.232 e. The highest BCUT2D eigenvalue weighted by atomic mass is 32.1. The van der Waals surface area contributed by atoms with Gasteiger partial charge in [0.2, 0.25) is 5.88 Å². The van der Waals surface area contributed by atoms with Gasteiger partial charge in [-0.15, -0.1) is 11.3 Å². The van der Waals surface area contributed by atoms with E-state index in [0.717, 1.165) is 21.3 Å². The summed E-state index contributed by atoms with van der Waals surface area (Å²) in [4.78, 5) is 17.3. The zero-order valence-corrected chi connectivity index (χ0v) is 17.0. The summed E-state index contributed by atoms with van der Waals surface area (Å²) in [6, 6.07) is 5.34. The first kappa shape index (κ1) is 18.5. The summed E-state index contributed by atoms with van der Waals surface area (Å²) >= 11 is 1.45. The molecule has 0 bridgehead atoms. The predicted octanol–water partition coefficient (Wildman–Crippen LogP) is 3.91. The molecule has 0 amide bonds. The molecular formula is C21H16N4O4S. The Hall–Kier alpha value is -3.48. The normalized spacial score (nSPS) is 15.3. The van der Waals surface area contributed by atoms with Crippen molar-refractivity contribution in [1.29, 1.82) is 0 Å². The highest BCUT2D eigenvalue weighted by Gasteiger charge is 2.26. The molecule has 0 spiro atoms. The zero-order valence-electron chi connectivity index (χ0n) is 16.2. The summed E-state index contributed by atoms with van der Waals surface area (Å²) in [5.41, 5.74) is 4.14. The third-order valence-corrected chi connectivity index (χ3v) is 5.95. The van der Waals surface area contributed by atoms with Gasteiger partial charge in [-0.25, -0.2) is 19.8 Å². The molecule has 2 aromatic heterocycles. The van der Waals surface area contributed by atoms with E-state index in [-0.39, 0.29) is 19.3 Å². The minimum absolute atomic E-state index is 0.109. The summed E-state index contributed by atoms with van der Waals surface area (Å²) < 4.78 is 17.8. The molecule has 150 valence electrons. The third kappa shape index (κ3) is 2.89. The number of aryl methyl sites for hydroxylation is 1. The van der Waals surface area contributed by atoms with E-state index in [0.29, 0.717) is 39.1 Å². The fourth-order valence-corrected chi connectivity index (χ4v) is 4.57. The Bertz CT molecular complexity index is 1340. The Kier molecular flexibility index (Phi) is 4.38. The number of methoxy groups -OCH3 is 1. The van der Waals surface area contributed by atoms with Crippen molar-refractivity contribution in [3.05, 3.63) is 41.4 Å². The lowest BCUT2D eigenvalue weighted by Gasteiger charge is -2.25. The molecule has 0 aliphatic carbocycles. The summed E-state index contributed by atoms with van der Waals surface area (Å²) in [5, 5.41) is 10.1. The first-order valence-electron chi connectivity index (χ1n) is 9.18. The summed E-state index contributed by atoms with van der Waals surface area (Å²) in [5.74, 6) is 1.61. The van der Waals surface area contributed by atoms with Gasteiger partial charge in [0.05, 0.1) is 43.0 Å². The number of rotatable bonds is 3. The maximum atomic E-state index is 9.38. The second-order valence-corrected chi connectivity index (χ2v) is 7.84. The van der Waals surface area contributed by atoms with Gasteiger partial charge in [0.15, 0.2) is 23.3 Å². The van der Waals surface area contributed by atoms with Crippen LogP contribution < -0.4 is 14.2 Å². The second-order valence-electron chi connectivity index (χ2n) is 6.84. The number of thiazole rings is 1. The Morgan fingerprint density at radius 3 is 2.93 bits per heavy atom. The fraction of sp³-hybridized carbons (Fsp3) is 0.238. The molecule has 5 rings (SSSR count). The van der Waals surface area contributed by atoms with Crippen molar-refractivity contribution >= 4 is 38.3 Å². The highest BCUT2D eigenvalue weighted by Crippen LogP contribution is 2.46. The molecule has 0 saturated carbocycles. The quantitative estimate of drug-likeness (QED) is 0.503. The first-order valence-corrected chi connectivity index (χ1v) is 10.00. The summed E-state index contributed by atoms with van der Waals surface area (Å²) in [7, 11) is 1.53. The Morgan fingerprint density at radius 2 is 2.17 bits per heavy atom. The minimum Gasteiger partial charge on any atom is -0.484 e. The van der Waals surface area contributed by atoms with Crippen molar-refractivity contribution in [2.45, 2.75) is 13.0 Å². The minimum atomic E-state index is -0.383. The number of hydrogen-bond donors (Lipinski definition) is 1. The Balaban J connectivity index is 1.73. The van der Waals surface area contributed by atoms with E-state index < -0.39 is 0 Å². The smallest absolute Gasteiger partial charge is 0.232 e. The number of aliphatic hydroxyl groups excluding tert-OH is 1. The largest absolute Gasteiger partial charge is 0.484 e. The third-order valence-electron chi connectivity index (χ3n) is 4.87. The van der Waals surface area contributed by atoms with Gasteiger partial charge in [0, 0.05) is 5.56 Å². The number of aliphatic hydroxyl groups is 1. The number of fused-ring (bicyclic) bond motifs is 4. The molecule has 8 nitrogen and oxygen atoms in total. The van der Waals surface area contributed by atoms with Crippen molar-refractivity contribution < 1.29 is 19.3 Å². The van der Waals surface area contributed by atoms with Crippen molar-refractivity contribution in [1.82, 2.24) is 15.0 Å². The van der Waals surface area contributed by atoms with Crippen LogP contribution in [0.5, 0.6) is 17.4 Å². The molecule has 1 aliphatic heterocycles. The SMILES string of the molecule is [C-]#[N+]c1cc(-c2nc3c(C)cc4c(c3s2)OC[C@H](CO)O4)c2ncc(OC)nc2c1. The van der Waals surface area contributed by atoms with Crippen LogP contribution in [0, 0.1) is 13.5 Å². The number of ether oxygens (including phenoxy) is 3. The highest BCUT2D eigenvalue weighted by molar-refractivity contribution is 7.22. The van der Waals surface area contributed by atoms with Crippen LogP contribution in [-0.4, -0.2) is 46.5 Å². The Labute approximate surface area is 175 Å². The van der Waals surface area contributed by atoms with Gasteiger partial charge in [0.25, 0.3) is 0 Å². The molecule has 0 radical (unpaired) electrons. The number of nitrogens with zero attached hydrogens (tertiary/aromatic N) is 4. The molecule has 1 N–H and O–H groups in total. The van der Waals surface area contributed by atoms with Crippen LogP contribution in [0.4, 0.5) is 5.69 Å². The van der Waals surface area contributed by atoms with Crippen LogP contribution in [0.3, 0.4) is 0 Å². The molecule has 30 heavy (non-hydrogen) atoms. The topological polar surface area (TPSA) is 91.0 Å². The Morgan fingerprint density at radius 1 is 1.30 bits per heavy atom. The fourth-order valence-electron chi connectivity index (χ4n) is 3.42. The summed E-state index contributed by atoms with van der Waals surface area (Å²) in [6.07, 6.45) is 1.17. The van der Waals surface area contributed by atoms with Gasteiger partial charge in [-0.1, -0.05) is 0 Å². The second kappa shape index (κ2) is 7.09. The molecule has 1 aliphatic rings. The molecule has 1 atom stereocenters. The molecule has 2 aromatic carbocycles. The van der Waals surface area contributed by atoms with E-state index in [9.17, 15) is 5.11 Å². The van der Waals surface area contributed by atoms with Gasteiger partial charge in [-0.2, -0.15) is 0 Å². The number of hydrogen-bond acceptors (Lipinski definition) is 8. The monoisotopic (exact) mass is 420 g/mol. The molecule has 0 unspecified atom stereocenters. The van der Waals surface area contributed by atoms with Crippen LogP contribution in [0.25, 0.3) is 36.7 Å². The van der Waals surface area contributed by atoms with Gasteiger partial charge in [0.1, 0.15) is 16.3 Å². The van der Waals surface area contributed by atoms with Gasteiger partial charge < -0.3 is 19.3 Å². The van der Waals surface area contributed by atoms with E-state index in [1.807, 2.05) is 13.0 Å². The molecule has 0 saturated heterocycles. The van der Waals surface area contributed by atoms with Gasteiger partial charge in [-0.3, -0.25) is 0 Å². The molecular weight excluding hydrogens is 404 g/mol. The van der Waals surface area contributed by atoms with Gasteiger partial charge >= 0.3 is 0 Å². The van der Waals surface area contributed by atoms with E-state index >= 15 is 0 Å². The van der Waals surface area contributed by atoms with Crippen molar-refractivity contribution in [2.24, 2.45) is 0 Å². The van der Waals surface area contributed by atoms with E-state index in [2.05, 4.69) is 14.8 Å². The van der Waals surface area contributed by atoms with E-state index in [1.165, 1.54) is 18.4 Å². The number of aromatic nitrogens is 3. The first-order chi connectivity index (χ1) is 14.6. The van der Waals surface area contributed by atoms with Crippen molar-refractivity contribution in [2.75, 3.05) is 20.3 Å². The maximum absolute atomic E-state index is 9.38. The van der Waals surface area contributed by atoms with Gasteiger partial charge in [-0.05, 0) is 30.7 Å². The van der Waals surface area contributed by atoms with Crippen LogP contribution in [0.15, 0.2) is 24.4 Å². The average molecular weight is 420 g/mol. The number of benzene rings is 2. The molecule has 0 fully saturated rings. The van der Waals surface area contributed by atoms with Crippen molar-refractivity contribution in [3.8, 4) is 28.0 Å². The van der Waals surface area contributed by atoms with Crippen LogP contribution in [-0.2, 0) is 0 Å². The lowest BCUT2D eigenvalue weighted by molar-refractivity contribution is 0.0468. The summed E-state index contributed by atoms with van der Waals surface area (Å²) in [6.45, 7) is 9.57.